The van der Waals surface area contributed by atoms with Crippen molar-refractivity contribution in [2.24, 2.45) is 16.6 Å². The molecule has 0 aromatic heterocycles. The lowest BCUT2D eigenvalue weighted by atomic mass is 9.96. The molecule has 0 atom stereocenters. The van der Waals surface area contributed by atoms with Gasteiger partial charge in [0.25, 0.3) is 0 Å². The molecule has 0 spiro atoms. The Hall–Kier alpha value is -1.55. The lowest BCUT2D eigenvalue weighted by Gasteiger charge is -2.30. The summed E-state index contributed by atoms with van der Waals surface area (Å²) in [4.78, 5) is 17.9. The van der Waals surface area contributed by atoms with Gasteiger partial charge in [0.05, 0.1) is 6.54 Å². The van der Waals surface area contributed by atoms with Gasteiger partial charge in [-0.3, -0.25) is 9.79 Å². The number of hydrogen-bond acceptors (Lipinski definition) is 4. The zero-order chi connectivity index (χ0) is 20.2. The second kappa shape index (κ2) is 14.4. The van der Waals surface area contributed by atoms with Crippen molar-refractivity contribution in [1.82, 2.24) is 15.5 Å². The minimum Gasteiger partial charge on any atom is -0.492 e. The van der Waals surface area contributed by atoms with Crippen LogP contribution in [0.15, 0.2) is 29.3 Å². The number of unbranched alkanes of at least 4 members (excludes halogenated alkanes) is 1. The quantitative estimate of drug-likeness (QED) is 0.192. The van der Waals surface area contributed by atoms with Crippen LogP contribution in [-0.2, 0) is 4.79 Å². The zero-order valence-electron chi connectivity index (χ0n) is 17.7. The predicted octanol–water partition coefficient (Wildman–Crippen LogP) is 2.13. The molecule has 1 fully saturated rings. The number of aryl methyl sites for hydroxylation is 1. The highest BCUT2D eigenvalue weighted by atomic mass is 127. The summed E-state index contributed by atoms with van der Waals surface area (Å²) in [5.74, 6) is 1.61. The molecule has 8 heteroatoms. The SMILES string of the molecule is CN=C(NCCCCN1CCC(C(N)=O)CC1)NCCOc1ccc(C)cc1.I. The molecule has 4 N–H and O–H groups in total. The number of carbonyl (C=O) groups is 1. The van der Waals surface area contributed by atoms with Gasteiger partial charge in [-0.15, -0.1) is 24.0 Å². The summed E-state index contributed by atoms with van der Waals surface area (Å²) in [6.45, 7) is 7.26. The van der Waals surface area contributed by atoms with E-state index in [4.69, 9.17) is 10.5 Å². The molecule has 0 aliphatic carbocycles. The maximum Gasteiger partial charge on any atom is 0.220 e. The van der Waals surface area contributed by atoms with Gasteiger partial charge in [-0.1, -0.05) is 17.7 Å². The number of carbonyl (C=O) groups excluding carboxylic acids is 1. The molecule has 7 nitrogen and oxygen atoms in total. The first-order valence-electron chi connectivity index (χ1n) is 10.2. The summed E-state index contributed by atoms with van der Waals surface area (Å²) >= 11 is 0. The fourth-order valence-electron chi connectivity index (χ4n) is 3.30. The van der Waals surface area contributed by atoms with Crippen molar-refractivity contribution >= 4 is 35.8 Å². The van der Waals surface area contributed by atoms with Crippen molar-refractivity contribution in [3.05, 3.63) is 29.8 Å². The van der Waals surface area contributed by atoms with Gasteiger partial charge in [-0.25, -0.2) is 0 Å². The number of nitrogens with zero attached hydrogens (tertiary/aromatic N) is 2. The second-order valence-corrected chi connectivity index (χ2v) is 7.31. The third-order valence-corrected chi connectivity index (χ3v) is 5.09. The number of likely N-dealkylation sites (tertiary alicyclic amines) is 1. The van der Waals surface area contributed by atoms with Gasteiger partial charge in [-0.05, 0) is 64.4 Å². The highest BCUT2D eigenvalue weighted by molar-refractivity contribution is 14.0. The molecular weight excluding hydrogens is 481 g/mol. The number of primary amides is 1. The first-order chi connectivity index (χ1) is 13.6. The van der Waals surface area contributed by atoms with Gasteiger partial charge in [0.2, 0.25) is 5.91 Å². The van der Waals surface area contributed by atoms with Crippen molar-refractivity contribution in [3.8, 4) is 5.75 Å². The summed E-state index contributed by atoms with van der Waals surface area (Å²) in [7, 11) is 1.78. The van der Waals surface area contributed by atoms with Crippen LogP contribution in [0.2, 0.25) is 0 Å². The van der Waals surface area contributed by atoms with Crippen molar-refractivity contribution in [2.45, 2.75) is 32.6 Å². The molecular formula is C21H36IN5O2. The molecule has 1 aliphatic heterocycles. The van der Waals surface area contributed by atoms with Gasteiger partial charge in [-0.2, -0.15) is 0 Å². The maximum atomic E-state index is 11.2. The first-order valence-corrected chi connectivity index (χ1v) is 10.2. The van der Waals surface area contributed by atoms with Crippen molar-refractivity contribution < 1.29 is 9.53 Å². The van der Waals surface area contributed by atoms with Crippen LogP contribution < -0.4 is 21.1 Å². The number of nitrogens with one attached hydrogen (secondary N) is 2. The van der Waals surface area contributed by atoms with E-state index in [2.05, 4.69) is 27.4 Å². The first kappa shape index (κ1) is 25.5. The summed E-state index contributed by atoms with van der Waals surface area (Å²) in [6, 6.07) is 8.06. The minimum absolute atomic E-state index is 0. The summed E-state index contributed by atoms with van der Waals surface area (Å²) in [6.07, 6.45) is 4.00. The van der Waals surface area contributed by atoms with Crippen LogP contribution in [0.4, 0.5) is 0 Å². The van der Waals surface area contributed by atoms with Gasteiger partial charge < -0.3 is 26.0 Å². The molecule has 1 aliphatic rings. The fraction of sp³-hybridized carbons (Fsp3) is 0.619. The van der Waals surface area contributed by atoms with Gasteiger partial charge in [0, 0.05) is 19.5 Å². The lowest BCUT2D eigenvalue weighted by molar-refractivity contribution is -0.123. The van der Waals surface area contributed by atoms with Crippen LogP contribution in [0.1, 0.15) is 31.2 Å². The molecule has 164 valence electrons. The zero-order valence-corrected chi connectivity index (χ0v) is 20.0. The number of halogens is 1. The monoisotopic (exact) mass is 517 g/mol. The average Bonchev–Trinajstić information content (AvgIpc) is 2.71. The van der Waals surface area contributed by atoms with Crippen molar-refractivity contribution in [1.29, 1.82) is 0 Å². The Morgan fingerprint density at radius 2 is 1.83 bits per heavy atom. The number of rotatable bonds is 10. The number of ether oxygens (including phenoxy) is 1. The van der Waals surface area contributed by atoms with Gasteiger partial charge in [0.15, 0.2) is 5.96 Å². The van der Waals surface area contributed by atoms with E-state index in [1.54, 1.807) is 7.05 Å². The number of nitrogens with two attached hydrogens (primary N) is 1. The van der Waals surface area contributed by atoms with E-state index >= 15 is 0 Å². The van der Waals surface area contributed by atoms with E-state index in [1.165, 1.54) is 5.56 Å². The van der Waals surface area contributed by atoms with E-state index in [-0.39, 0.29) is 35.8 Å². The average molecular weight is 517 g/mol. The summed E-state index contributed by atoms with van der Waals surface area (Å²) in [5, 5.41) is 6.61. The van der Waals surface area contributed by atoms with Gasteiger partial charge in [0.1, 0.15) is 12.4 Å². The smallest absolute Gasteiger partial charge is 0.220 e. The third kappa shape index (κ3) is 10.2. The van der Waals surface area contributed by atoms with Crippen LogP contribution in [0.5, 0.6) is 5.75 Å². The third-order valence-electron chi connectivity index (χ3n) is 5.09. The van der Waals surface area contributed by atoms with Gasteiger partial charge >= 0.3 is 0 Å². The molecule has 1 saturated heterocycles. The van der Waals surface area contributed by atoms with Crippen LogP contribution >= 0.6 is 24.0 Å². The highest BCUT2D eigenvalue weighted by Gasteiger charge is 2.22. The van der Waals surface area contributed by atoms with Crippen molar-refractivity contribution in [2.75, 3.05) is 46.4 Å². The standard InChI is InChI=1S/C21H35N5O2.HI/c1-17-5-7-19(8-6-17)28-16-12-25-21(23-2)24-11-3-4-13-26-14-9-18(10-15-26)20(22)27;/h5-8,18H,3-4,9-16H2,1-2H3,(H2,22,27)(H2,23,24,25);1H. The number of guanidine groups is 1. The Morgan fingerprint density at radius 3 is 2.45 bits per heavy atom. The van der Waals surface area contributed by atoms with Crippen LogP contribution in [-0.4, -0.2) is 63.1 Å². The normalized spacial score (nSPS) is 15.4. The molecule has 29 heavy (non-hydrogen) atoms. The molecule has 1 heterocycles. The Bertz CT molecular complexity index is 616. The lowest BCUT2D eigenvalue weighted by Crippen LogP contribution is -2.40. The van der Waals surface area contributed by atoms with Crippen LogP contribution in [0, 0.1) is 12.8 Å². The molecule has 1 aromatic carbocycles. The topological polar surface area (TPSA) is 92.0 Å². The number of aliphatic imine (C=N–C) groups is 1. The molecule has 0 bridgehead atoms. The molecule has 1 amide bonds. The number of hydrogen-bond donors (Lipinski definition) is 3. The molecule has 0 unspecified atom stereocenters. The predicted molar refractivity (Wildman–Crippen MR) is 129 cm³/mol. The Labute approximate surface area is 191 Å². The summed E-state index contributed by atoms with van der Waals surface area (Å²) < 4.78 is 5.71. The van der Waals surface area contributed by atoms with Crippen LogP contribution in [0.25, 0.3) is 0 Å². The second-order valence-electron chi connectivity index (χ2n) is 7.31. The molecule has 2 rings (SSSR count). The Balaban J connectivity index is 0.00000420. The maximum absolute atomic E-state index is 11.2. The number of piperidine rings is 1. The molecule has 1 aromatic rings. The summed E-state index contributed by atoms with van der Waals surface area (Å²) in [5.41, 5.74) is 6.61. The minimum atomic E-state index is -0.146. The Morgan fingerprint density at radius 1 is 1.17 bits per heavy atom. The van der Waals surface area contributed by atoms with E-state index in [9.17, 15) is 4.79 Å². The largest absolute Gasteiger partial charge is 0.492 e. The molecule has 0 radical (unpaired) electrons. The van der Waals surface area contributed by atoms with Crippen molar-refractivity contribution in [3.63, 3.8) is 0 Å². The van der Waals surface area contributed by atoms with Crippen LogP contribution in [0.3, 0.4) is 0 Å². The number of benzene rings is 1. The van der Waals surface area contributed by atoms with E-state index < -0.39 is 0 Å². The molecule has 0 saturated carbocycles. The van der Waals surface area contributed by atoms with E-state index in [0.717, 1.165) is 63.6 Å². The van der Waals surface area contributed by atoms with E-state index in [0.29, 0.717) is 13.2 Å². The highest BCUT2D eigenvalue weighted by Crippen LogP contribution is 2.16. The fourth-order valence-corrected chi connectivity index (χ4v) is 3.30. The van der Waals surface area contributed by atoms with E-state index in [1.807, 2.05) is 24.3 Å². The number of amides is 1. The Kier molecular flexibility index (Phi) is 12.7.